The Labute approximate surface area is 134 Å². The summed E-state index contributed by atoms with van der Waals surface area (Å²) >= 11 is 6.02. The largest absolute Gasteiger partial charge is 0.324 e. The molecule has 0 atom stereocenters. The van der Waals surface area contributed by atoms with E-state index in [1.165, 1.54) is 20.8 Å². The normalized spacial score (nSPS) is 16.5. The monoisotopic (exact) mass is 337 g/mol. The number of benzene rings is 1. The molecule has 1 aromatic heterocycles. The molecule has 0 saturated carbocycles. The minimum atomic E-state index is -3.65. The van der Waals surface area contributed by atoms with Gasteiger partial charge in [0.2, 0.25) is 5.03 Å². The summed E-state index contributed by atoms with van der Waals surface area (Å²) in [6.07, 6.45) is 4.03. The number of nitrogens with zero attached hydrogens (tertiary/aromatic N) is 3. The van der Waals surface area contributed by atoms with Gasteiger partial charge in [0.25, 0.3) is 10.0 Å². The average molecular weight is 338 g/mol. The Bertz CT molecular complexity index is 813. The van der Waals surface area contributed by atoms with Crippen molar-refractivity contribution in [3.05, 3.63) is 53.5 Å². The van der Waals surface area contributed by atoms with Crippen LogP contribution in [0.1, 0.15) is 12.0 Å². The molecule has 0 N–H and O–H groups in total. The second-order valence-corrected chi connectivity index (χ2v) is 7.37. The fraction of sp³-hybridized carbons (Fsp3) is 0.267. The van der Waals surface area contributed by atoms with E-state index in [9.17, 15) is 8.42 Å². The van der Waals surface area contributed by atoms with Gasteiger partial charge in [-0.1, -0.05) is 48.0 Å². The lowest BCUT2D eigenvalue weighted by Gasteiger charge is -2.25. The van der Waals surface area contributed by atoms with Crippen LogP contribution in [-0.4, -0.2) is 35.4 Å². The maximum absolute atomic E-state index is 12.6. The molecule has 0 amide bonds. The molecule has 0 saturated heterocycles. The summed E-state index contributed by atoms with van der Waals surface area (Å²) in [6, 6.07) is 9.99. The number of imidazole rings is 1. The van der Waals surface area contributed by atoms with E-state index in [1.54, 1.807) is 7.05 Å². The van der Waals surface area contributed by atoms with Gasteiger partial charge in [0.15, 0.2) is 0 Å². The Hall–Kier alpha value is -1.63. The van der Waals surface area contributed by atoms with Gasteiger partial charge in [-0.05, 0) is 17.6 Å². The summed E-state index contributed by atoms with van der Waals surface area (Å²) in [5.74, 6) is 0. The van der Waals surface area contributed by atoms with E-state index in [4.69, 9.17) is 11.6 Å². The third-order valence-corrected chi connectivity index (χ3v) is 6.09. The van der Waals surface area contributed by atoms with Crippen LogP contribution in [0.4, 0.5) is 0 Å². The molecule has 3 rings (SSSR count). The van der Waals surface area contributed by atoms with Crippen LogP contribution in [0.3, 0.4) is 0 Å². The van der Waals surface area contributed by atoms with Crippen LogP contribution in [0, 0.1) is 0 Å². The molecule has 0 aliphatic carbocycles. The summed E-state index contributed by atoms with van der Waals surface area (Å²) < 4.78 is 28.1. The lowest BCUT2D eigenvalue weighted by molar-refractivity contribution is 0.439. The van der Waals surface area contributed by atoms with Gasteiger partial charge in [-0.3, -0.25) is 0 Å². The summed E-state index contributed by atoms with van der Waals surface area (Å²) in [5.41, 5.74) is 2.30. The highest BCUT2D eigenvalue weighted by molar-refractivity contribution is 7.89. The zero-order chi connectivity index (χ0) is 15.7. The standard InChI is InChI=1S/C15H16ClN3O2S/c1-18-11-17-15(14(18)16)22(20,21)19-9-7-13(8-10-19)12-5-3-2-4-6-12/h2-7,11H,8-10H2,1H3. The van der Waals surface area contributed by atoms with Crippen LogP contribution in [0.25, 0.3) is 5.57 Å². The van der Waals surface area contributed by atoms with Crippen molar-refractivity contribution < 1.29 is 8.42 Å². The number of rotatable bonds is 3. The fourth-order valence-electron chi connectivity index (χ4n) is 2.47. The molecular weight excluding hydrogens is 322 g/mol. The van der Waals surface area contributed by atoms with Crippen LogP contribution in [0.15, 0.2) is 47.8 Å². The van der Waals surface area contributed by atoms with E-state index >= 15 is 0 Å². The number of aryl methyl sites for hydroxylation is 1. The van der Waals surface area contributed by atoms with Crippen molar-refractivity contribution in [1.82, 2.24) is 13.9 Å². The Morgan fingerprint density at radius 3 is 2.50 bits per heavy atom. The fourth-order valence-corrected chi connectivity index (χ4v) is 4.24. The highest BCUT2D eigenvalue weighted by atomic mass is 35.5. The summed E-state index contributed by atoms with van der Waals surface area (Å²) in [6.45, 7) is 0.759. The second-order valence-electron chi connectivity index (χ2n) is 5.16. The topological polar surface area (TPSA) is 55.2 Å². The number of sulfonamides is 1. The van der Waals surface area contributed by atoms with Gasteiger partial charge in [0, 0.05) is 20.1 Å². The number of halogens is 1. The highest BCUT2D eigenvalue weighted by Gasteiger charge is 2.30. The molecule has 22 heavy (non-hydrogen) atoms. The zero-order valence-corrected chi connectivity index (χ0v) is 13.7. The Morgan fingerprint density at radius 2 is 1.95 bits per heavy atom. The molecule has 1 aromatic carbocycles. The van der Waals surface area contributed by atoms with Gasteiger partial charge in [0.1, 0.15) is 5.15 Å². The first-order valence-electron chi connectivity index (χ1n) is 6.91. The molecule has 116 valence electrons. The average Bonchev–Trinajstić information content (AvgIpc) is 2.88. The Balaban J connectivity index is 1.84. The van der Waals surface area contributed by atoms with Crippen LogP contribution in [-0.2, 0) is 17.1 Å². The molecule has 0 bridgehead atoms. The van der Waals surface area contributed by atoms with Crippen LogP contribution >= 0.6 is 11.6 Å². The Kier molecular flexibility index (Phi) is 4.08. The van der Waals surface area contributed by atoms with E-state index in [2.05, 4.69) is 4.98 Å². The summed E-state index contributed by atoms with van der Waals surface area (Å²) in [7, 11) is -1.99. The molecule has 2 aromatic rings. The van der Waals surface area contributed by atoms with Crippen molar-refractivity contribution in [2.24, 2.45) is 7.05 Å². The van der Waals surface area contributed by atoms with Crippen LogP contribution in [0.2, 0.25) is 5.15 Å². The van der Waals surface area contributed by atoms with Crippen LogP contribution in [0.5, 0.6) is 0 Å². The van der Waals surface area contributed by atoms with Gasteiger partial charge in [-0.25, -0.2) is 13.4 Å². The Morgan fingerprint density at radius 1 is 1.23 bits per heavy atom. The zero-order valence-electron chi connectivity index (χ0n) is 12.1. The van der Waals surface area contributed by atoms with Gasteiger partial charge >= 0.3 is 0 Å². The number of hydrogen-bond donors (Lipinski definition) is 0. The highest BCUT2D eigenvalue weighted by Crippen LogP contribution is 2.27. The van der Waals surface area contributed by atoms with E-state index in [1.807, 2.05) is 36.4 Å². The maximum atomic E-state index is 12.6. The molecule has 0 radical (unpaired) electrons. The van der Waals surface area contributed by atoms with E-state index in [-0.39, 0.29) is 10.2 Å². The predicted molar refractivity (Wildman–Crippen MR) is 86.0 cm³/mol. The first-order valence-corrected chi connectivity index (χ1v) is 8.73. The lowest BCUT2D eigenvalue weighted by atomic mass is 10.0. The maximum Gasteiger partial charge on any atom is 0.263 e. The minimum Gasteiger partial charge on any atom is -0.324 e. The molecule has 1 aliphatic heterocycles. The van der Waals surface area contributed by atoms with Gasteiger partial charge in [-0.15, -0.1) is 0 Å². The van der Waals surface area contributed by atoms with Crippen molar-refractivity contribution in [2.75, 3.05) is 13.1 Å². The van der Waals surface area contributed by atoms with Crippen molar-refractivity contribution in [1.29, 1.82) is 0 Å². The van der Waals surface area contributed by atoms with Gasteiger partial charge in [0.05, 0.1) is 6.33 Å². The lowest BCUT2D eigenvalue weighted by Crippen LogP contribution is -2.35. The first kappa shape index (κ1) is 15.3. The van der Waals surface area contributed by atoms with E-state index in [0.29, 0.717) is 19.5 Å². The van der Waals surface area contributed by atoms with Crippen LogP contribution < -0.4 is 0 Å². The minimum absolute atomic E-state index is 0.0757. The van der Waals surface area contributed by atoms with Crippen molar-refractivity contribution in [2.45, 2.75) is 11.4 Å². The third kappa shape index (κ3) is 2.69. The molecule has 2 heterocycles. The molecule has 0 spiro atoms. The SMILES string of the molecule is Cn1cnc(S(=O)(=O)N2CC=C(c3ccccc3)CC2)c1Cl. The van der Waals surface area contributed by atoms with Gasteiger partial charge < -0.3 is 4.57 Å². The molecular formula is C15H16ClN3O2S. The first-order chi connectivity index (χ1) is 10.5. The number of hydrogen-bond acceptors (Lipinski definition) is 3. The van der Waals surface area contributed by atoms with Crippen molar-refractivity contribution in [3.8, 4) is 0 Å². The van der Waals surface area contributed by atoms with E-state index < -0.39 is 10.0 Å². The van der Waals surface area contributed by atoms with E-state index in [0.717, 1.165) is 5.56 Å². The molecule has 5 nitrogen and oxygen atoms in total. The smallest absolute Gasteiger partial charge is 0.263 e. The quantitative estimate of drug-likeness (QED) is 0.865. The van der Waals surface area contributed by atoms with Crippen molar-refractivity contribution >= 4 is 27.2 Å². The summed E-state index contributed by atoms with van der Waals surface area (Å²) in [4.78, 5) is 3.92. The number of aromatic nitrogens is 2. The third-order valence-electron chi connectivity index (χ3n) is 3.74. The molecule has 0 fully saturated rings. The van der Waals surface area contributed by atoms with Crippen molar-refractivity contribution in [3.63, 3.8) is 0 Å². The summed E-state index contributed by atoms with van der Waals surface area (Å²) in [5, 5.41) is 0.0612. The second kappa shape index (κ2) is 5.87. The molecule has 7 heteroatoms. The predicted octanol–water partition coefficient (Wildman–Crippen LogP) is 2.55. The molecule has 1 aliphatic rings. The van der Waals surface area contributed by atoms with Gasteiger partial charge in [-0.2, -0.15) is 4.31 Å². The molecule has 0 unspecified atom stereocenters.